The molecule has 0 aliphatic carbocycles. The number of hydrogen-bond acceptors (Lipinski definition) is 3. The van der Waals surface area contributed by atoms with E-state index in [2.05, 4.69) is 11.4 Å². The third-order valence-electron chi connectivity index (χ3n) is 2.96. The quantitative estimate of drug-likeness (QED) is 0.784. The van der Waals surface area contributed by atoms with Gasteiger partial charge in [-0.05, 0) is 17.7 Å². The molecule has 2 aromatic carbocycles. The van der Waals surface area contributed by atoms with Crippen LogP contribution in [-0.4, -0.2) is 12.3 Å². The molecule has 0 heterocycles. The molecule has 0 spiro atoms. The molecule has 0 radical (unpaired) electrons. The van der Waals surface area contributed by atoms with Crippen LogP contribution in [0.15, 0.2) is 59.5 Å². The maximum Gasteiger partial charge on any atom is 0.288 e. The van der Waals surface area contributed by atoms with Gasteiger partial charge in [0.25, 0.3) is 5.76 Å². The maximum absolute atomic E-state index is 12.5. The SMILES string of the molecule is N#CC(CNc1ccccc1SC(F)F)c1ccccc1. The van der Waals surface area contributed by atoms with E-state index in [9.17, 15) is 14.0 Å². The predicted molar refractivity (Wildman–Crippen MR) is 81.6 cm³/mol. The van der Waals surface area contributed by atoms with E-state index in [-0.39, 0.29) is 5.92 Å². The van der Waals surface area contributed by atoms with E-state index in [4.69, 9.17) is 0 Å². The summed E-state index contributed by atoms with van der Waals surface area (Å²) in [5.41, 5.74) is 1.53. The van der Waals surface area contributed by atoms with E-state index < -0.39 is 5.76 Å². The molecule has 0 fully saturated rings. The van der Waals surface area contributed by atoms with E-state index >= 15 is 0 Å². The molecule has 2 rings (SSSR count). The number of nitriles is 1. The Morgan fingerprint density at radius 3 is 2.38 bits per heavy atom. The minimum atomic E-state index is -2.46. The maximum atomic E-state index is 12.5. The lowest BCUT2D eigenvalue weighted by atomic mass is 10.0. The Bertz CT molecular complexity index is 611. The summed E-state index contributed by atoms with van der Waals surface area (Å²) in [6.45, 7) is 0.376. The average molecular weight is 304 g/mol. The van der Waals surface area contributed by atoms with Gasteiger partial charge in [-0.2, -0.15) is 14.0 Å². The second-order valence-electron chi connectivity index (χ2n) is 4.35. The van der Waals surface area contributed by atoms with Crippen LogP contribution in [0.5, 0.6) is 0 Å². The molecule has 0 amide bonds. The number of nitrogens with one attached hydrogen (secondary N) is 1. The van der Waals surface area contributed by atoms with Crippen molar-refractivity contribution in [3.05, 3.63) is 60.2 Å². The Hall–Kier alpha value is -2.06. The summed E-state index contributed by atoms with van der Waals surface area (Å²) in [5, 5.41) is 12.3. The third kappa shape index (κ3) is 4.47. The van der Waals surface area contributed by atoms with E-state index in [0.29, 0.717) is 28.9 Å². The molecule has 108 valence electrons. The first kappa shape index (κ1) is 15.3. The Morgan fingerprint density at radius 1 is 1.05 bits per heavy atom. The summed E-state index contributed by atoms with van der Waals surface area (Å²) in [6.07, 6.45) is 0. The van der Waals surface area contributed by atoms with Gasteiger partial charge in [0.2, 0.25) is 0 Å². The van der Waals surface area contributed by atoms with Crippen molar-refractivity contribution in [1.29, 1.82) is 5.26 Å². The first-order valence-electron chi connectivity index (χ1n) is 6.43. The molecule has 0 aromatic heterocycles. The normalized spacial score (nSPS) is 11.9. The summed E-state index contributed by atoms with van der Waals surface area (Å²) in [5.74, 6) is -2.79. The van der Waals surface area contributed by atoms with Crippen molar-refractivity contribution in [2.24, 2.45) is 0 Å². The molecule has 0 saturated heterocycles. The lowest BCUT2D eigenvalue weighted by Gasteiger charge is -2.14. The zero-order chi connectivity index (χ0) is 15.1. The van der Waals surface area contributed by atoms with Crippen LogP contribution >= 0.6 is 11.8 Å². The van der Waals surface area contributed by atoms with Gasteiger partial charge in [-0.1, -0.05) is 54.2 Å². The lowest BCUT2D eigenvalue weighted by Crippen LogP contribution is -2.11. The van der Waals surface area contributed by atoms with Crippen LogP contribution in [0, 0.1) is 11.3 Å². The second-order valence-corrected chi connectivity index (χ2v) is 5.38. The van der Waals surface area contributed by atoms with Crippen LogP contribution < -0.4 is 5.32 Å². The van der Waals surface area contributed by atoms with E-state index in [1.54, 1.807) is 24.3 Å². The molecule has 2 aromatic rings. The Kier molecular flexibility index (Phi) is 5.59. The smallest absolute Gasteiger partial charge is 0.288 e. The van der Waals surface area contributed by atoms with Crippen molar-refractivity contribution in [3.8, 4) is 6.07 Å². The third-order valence-corrected chi connectivity index (χ3v) is 3.75. The molecule has 1 unspecified atom stereocenters. The largest absolute Gasteiger partial charge is 0.382 e. The molecular weight excluding hydrogens is 290 g/mol. The molecule has 2 nitrogen and oxygen atoms in total. The second kappa shape index (κ2) is 7.65. The van der Waals surface area contributed by atoms with Crippen molar-refractivity contribution in [2.75, 3.05) is 11.9 Å². The van der Waals surface area contributed by atoms with Crippen molar-refractivity contribution < 1.29 is 8.78 Å². The zero-order valence-electron chi connectivity index (χ0n) is 11.2. The molecule has 21 heavy (non-hydrogen) atoms. The van der Waals surface area contributed by atoms with Crippen LogP contribution in [0.3, 0.4) is 0 Å². The first-order chi connectivity index (χ1) is 10.2. The molecule has 0 bridgehead atoms. The molecular formula is C16H14F2N2S. The summed E-state index contributed by atoms with van der Waals surface area (Å²) < 4.78 is 25.0. The van der Waals surface area contributed by atoms with Gasteiger partial charge in [-0.3, -0.25) is 0 Å². The highest BCUT2D eigenvalue weighted by Crippen LogP contribution is 2.32. The Morgan fingerprint density at radius 2 is 1.71 bits per heavy atom. The number of para-hydroxylation sites is 1. The molecule has 0 aliphatic rings. The fourth-order valence-corrected chi connectivity index (χ4v) is 2.56. The highest BCUT2D eigenvalue weighted by molar-refractivity contribution is 7.99. The summed E-state index contributed by atoms with van der Waals surface area (Å²) in [7, 11) is 0. The first-order valence-corrected chi connectivity index (χ1v) is 7.31. The molecule has 1 atom stereocenters. The number of nitrogens with zero attached hydrogens (tertiary/aromatic N) is 1. The fraction of sp³-hybridized carbons (Fsp3) is 0.188. The van der Waals surface area contributed by atoms with Gasteiger partial charge in [0, 0.05) is 17.1 Å². The molecule has 0 saturated carbocycles. The van der Waals surface area contributed by atoms with E-state index in [1.807, 2.05) is 30.3 Å². The number of thioether (sulfide) groups is 1. The van der Waals surface area contributed by atoms with Gasteiger partial charge >= 0.3 is 0 Å². The number of anilines is 1. The predicted octanol–water partition coefficient (Wildman–Crippen LogP) is 4.72. The van der Waals surface area contributed by atoms with Gasteiger partial charge in [0.1, 0.15) is 0 Å². The van der Waals surface area contributed by atoms with Crippen LogP contribution in [0.25, 0.3) is 0 Å². The summed E-state index contributed by atoms with van der Waals surface area (Å²) in [6, 6.07) is 18.5. The number of rotatable bonds is 6. The number of hydrogen-bond donors (Lipinski definition) is 1. The summed E-state index contributed by atoms with van der Waals surface area (Å²) >= 11 is 0.501. The van der Waals surface area contributed by atoms with Crippen LogP contribution in [-0.2, 0) is 0 Å². The molecule has 0 aliphatic heterocycles. The Balaban J connectivity index is 2.07. The van der Waals surface area contributed by atoms with Crippen molar-refractivity contribution in [1.82, 2.24) is 0 Å². The number of benzene rings is 2. The minimum absolute atomic E-state index is 0.323. The highest BCUT2D eigenvalue weighted by Gasteiger charge is 2.13. The van der Waals surface area contributed by atoms with E-state index in [0.717, 1.165) is 5.56 Å². The minimum Gasteiger partial charge on any atom is -0.382 e. The van der Waals surface area contributed by atoms with Crippen molar-refractivity contribution in [2.45, 2.75) is 16.6 Å². The highest BCUT2D eigenvalue weighted by atomic mass is 32.2. The lowest BCUT2D eigenvalue weighted by molar-refractivity contribution is 0.252. The van der Waals surface area contributed by atoms with E-state index in [1.165, 1.54) is 0 Å². The van der Waals surface area contributed by atoms with Crippen LogP contribution in [0.2, 0.25) is 0 Å². The zero-order valence-corrected chi connectivity index (χ0v) is 12.0. The average Bonchev–Trinajstić information content (AvgIpc) is 2.50. The standard InChI is InChI=1S/C16H14F2N2S/c17-16(18)21-15-9-5-4-8-14(15)20-11-13(10-19)12-6-2-1-3-7-12/h1-9,13,16,20H,11H2. The number of alkyl halides is 2. The van der Waals surface area contributed by atoms with Crippen LogP contribution in [0.4, 0.5) is 14.5 Å². The molecule has 5 heteroatoms. The Labute approximate surface area is 126 Å². The van der Waals surface area contributed by atoms with Crippen LogP contribution in [0.1, 0.15) is 11.5 Å². The van der Waals surface area contributed by atoms with Gasteiger partial charge in [0.05, 0.1) is 12.0 Å². The van der Waals surface area contributed by atoms with Gasteiger partial charge in [0.15, 0.2) is 0 Å². The topological polar surface area (TPSA) is 35.8 Å². The monoisotopic (exact) mass is 304 g/mol. The summed E-state index contributed by atoms with van der Waals surface area (Å²) in [4.78, 5) is 0.484. The van der Waals surface area contributed by atoms with Crippen molar-refractivity contribution in [3.63, 3.8) is 0 Å². The van der Waals surface area contributed by atoms with Crippen molar-refractivity contribution >= 4 is 17.4 Å². The van der Waals surface area contributed by atoms with Gasteiger partial charge < -0.3 is 5.32 Å². The van der Waals surface area contributed by atoms with Gasteiger partial charge in [-0.25, -0.2) is 0 Å². The fourth-order valence-electron chi connectivity index (χ4n) is 1.95. The molecule has 1 N–H and O–H groups in total. The van der Waals surface area contributed by atoms with Gasteiger partial charge in [-0.15, -0.1) is 0 Å². The number of halogens is 2.